The quantitative estimate of drug-likeness (QED) is 0.566. The van der Waals surface area contributed by atoms with E-state index in [9.17, 15) is 8.42 Å². The first kappa shape index (κ1) is 22.0. The third kappa shape index (κ3) is 4.26. The number of benzene rings is 2. The van der Waals surface area contributed by atoms with E-state index in [0.717, 1.165) is 22.6 Å². The van der Waals surface area contributed by atoms with E-state index in [0.29, 0.717) is 37.7 Å². The number of hydrogen-bond donors (Lipinski definition) is 0. The molecule has 4 rings (SSSR count). The van der Waals surface area contributed by atoms with Crippen LogP contribution in [0.5, 0.6) is 11.5 Å². The Balaban J connectivity index is 1.45. The Morgan fingerprint density at radius 3 is 2.19 bits per heavy atom. The summed E-state index contributed by atoms with van der Waals surface area (Å²) in [4.78, 5) is 2.24. The van der Waals surface area contributed by atoms with Crippen LogP contribution in [0.25, 0.3) is 11.3 Å². The van der Waals surface area contributed by atoms with Gasteiger partial charge in [0.2, 0.25) is 10.0 Å². The van der Waals surface area contributed by atoms with Crippen molar-refractivity contribution in [1.29, 1.82) is 0 Å². The first-order chi connectivity index (χ1) is 15.4. The molecule has 1 aliphatic rings. The smallest absolute Gasteiger partial charge is 0.243 e. The highest BCUT2D eigenvalue weighted by Gasteiger charge is 2.30. The molecule has 0 spiro atoms. The third-order valence-corrected chi connectivity index (χ3v) is 7.52. The van der Waals surface area contributed by atoms with Gasteiger partial charge in [-0.3, -0.25) is 0 Å². The van der Waals surface area contributed by atoms with Gasteiger partial charge in [-0.1, -0.05) is 24.3 Å². The Hall–Kier alpha value is -3.17. The molecule has 0 radical (unpaired) electrons. The van der Waals surface area contributed by atoms with E-state index in [2.05, 4.69) is 15.1 Å². The molecular weight excluding hydrogens is 428 g/mol. The lowest BCUT2D eigenvalue weighted by molar-refractivity contribution is 0.353. The van der Waals surface area contributed by atoms with Crippen LogP contribution in [-0.4, -0.2) is 63.3 Å². The van der Waals surface area contributed by atoms with Gasteiger partial charge in [-0.2, -0.15) is 4.31 Å². The Kier molecular flexibility index (Phi) is 6.29. The number of aromatic nitrogens is 2. The summed E-state index contributed by atoms with van der Waals surface area (Å²) < 4.78 is 38.2. The van der Waals surface area contributed by atoms with Crippen LogP contribution in [-0.2, 0) is 10.0 Å². The van der Waals surface area contributed by atoms with Crippen molar-refractivity contribution in [3.05, 3.63) is 60.2 Å². The van der Waals surface area contributed by atoms with Crippen molar-refractivity contribution in [2.75, 3.05) is 45.3 Å². The fraction of sp³-hybridized carbons (Fsp3) is 0.304. The molecule has 1 aliphatic heterocycles. The summed E-state index contributed by atoms with van der Waals surface area (Å²) in [6, 6.07) is 16.6. The predicted molar refractivity (Wildman–Crippen MR) is 123 cm³/mol. The van der Waals surface area contributed by atoms with Crippen LogP contribution >= 0.6 is 0 Å². The zero-order valence-corrected chi connectivity index (χ0v) is 19.2. The second kappa shape index (κ2) is 9.13. The topological polar surface area (TPSA) is 84.9 Å². The molecule has 0 amide bonds. The summed E-state index contributed by atoms with van der Waals surface area (Å²) in [5, 5.41) is 8.77. The molecule has 2 aromatic carbocycles. The number of nitrogens with zero attached hydrogens (tertiary/aromatic N) is 4. The lowest BCUT2D eigenvalue weighted by Crippen LogP contribution is -2.49. The fourth-order valence-corrected chi connectivity index (χ4v) is 5.22. The van der Waals surface area contributed by atoms with Crippen molar-refractivity contribution in [2.45, 2.75) is 11.8 Å². The predicted octanol–water partition coefficient (Wildman–Crippen LogP) is 2.98. The molecule has 8 nitrogen and oxygen atoms in total. The number of hydrogen-bond acceptors (Lipinski definition) is 7. The zero-order chi connectivity index (χ0) is 22.7. The van der Waals surface area contributed by atoms with Crippen LogP contribution in [0.2, 0.25) is 0 Å². The number of anilines is 1. The van der Waals surface area contributed by atoms with Gasteiger partial charge in [0.1, 0.15) is 0 Å². The van der Waals surface area contributed by atoms with Crippen molar-refractivity contribution < 1.29 is 17.9 Å². The van der Waals surface area contributed by atoms with E-state index in [1.165, 1.54) is 24.6 Å². The van der Waals surface area contributed by atoms with Gasteiger partial charge < -0.3 is 14.4 Å². The molecule has 32 heavy (non-hydrogen) atoms. The van der Waals surface area contributed by atoms with Crippen molar-refractivity contribution in [3.63, 3.8) is 0 Å². The molecule has 0 N–H and O–H groups in total. The minimum absolute atomic E-state index is 0.186. The Bertz CT molecular complexity index is 1190. The number of piperazine rings is 1. The molecule has 168 valence electrons. The molecule has 0 saturated carbocycles. The third-order valence-electron chi connectivity index (χ3n) is 5.63. The molecule has 1 aromatic heterocycles. The lowest BCUT2D eigenvalue weighted by atomic mass is 10.1. The molecule has 9 heteroatoms. The summed E-state index contributed by atoms with van der Waals surface area (Å²) in [6.45, 7) is 3.83. The summed E-state index contributed by atoms with van der Waals surface area (Å²) >= 11 is 0. The van der Waals surface area contributed by atoms with Crippen molar-refractivity contribution in [2.24, 2.45) is 0 Å². The molecule has 0 atom stereocenters. The average molecular weight is 455 g/mol. The highest BCUT2D eigenvalue weighted by molar-refractivity contribution is 7.89. The van der Waals surface area contributed by atoms with Crippen molar-refractivity contribution >= 4 is 15.8 Å². The largest absolute Gasteiger partial charge is 0.493 e. The second-order valence-corrected chi connectivity index (χ2v) is 9.44. The van der Waals surface area contributed by atoms with E-state index in [-0.39, 0.29) is 4.90 Å². The number of ether oxygens (including phenoxy) is 2. The van der Waals surface area contributed by atoms with Gasteiger partial charge in [-0.05, 0) is 36.8 Å². The Morgan fingerprint density at radius 2 is 1.56 bits per heavy atom. The Morgan fingerprint density at radius 1 is 0.844 bits per heavy atom. The van der Waals surface area contributed by atoms with Crippen LogP contribution in [0, 0.1) is 6.92 Å². The van der Waals surface area contributed by atoms with Gasteiger partial charge in [0, 0.05) is 37.8 Å². The number of sulfonamides is 1. The molecule has 1 fully saturated rings. The van der Waals surface area contributed by atoms with Crippen LogP contribution in [0.15, 0.2) is 59.5 Å². The summed E-state index contributed by atoms with van der Waals surface area (Å²) in [5.41, 5.74) is 3.02. The highest BCUT2D eigenvalue weighted by atomic mass is 32.2. The number of methoxy groups -OCH3 is 2. The first-order valence-corrected chi connectivity index (χ1v) is 11.7. The van der Waals surface area contributed by atoms with Crippen molar-refractivity contribution in [3.8, 4) is 22.8 Å². The highest BCUT2D eigenvalue weighted by Crippen LogP contribution is 2.31. The van der Waals surface area contributed by atoms with Gasteiger partial charge in [0.25, 0.3) is 0 Å². The standard InChI is InChI=1S/C23H26N4O4S/c1-17-6-4-5-7-19(17)20-9-11-23(25-24-20)26-12-14-27(15-13-26)32(28,29)18-8-10-21(30-2)22(16-18)31-3/h4-11,16H,12-15H2,1-3H3. The fourth-order valence-electron chi connectivity index (χ4n) is 3.78. The Labute approximate surface area is 188 Å². The van der Waals surface area contributed by atoms with Gasteiger partial charge in [-0.15, -0.1) is 10.2 Å². The first-order valence-electron chi connectivity index (χ1n) is 10.3. The molecule has 0 unspecified atom stereocenters. The summed E-state index contributed by atoms with van der Waals surface area (Å²) in [5.74, 6) is 1.62. The molecule has 1 saturated heterocycles. The monoisotopic (exact) mass is 454 g/mol. The SMILES string of the molecule is COc1ccc(S(=O)(=O)N2CCN(c3ccc(-c4ccccc4C)nn3)CC2)cc1OC. The molecule has 3 aromatic rings. The molecule has 0 bridgehead atoms. The van der Waals surface area contributed by atoms with Gasteiger partial charge in [0.15, 0.2) is 17.3 Å². The molecular formula is C23H26N4O4S. The van der Waals surface area contributed by atoms with E-state index < -0.39 is 10.0 Å². The molecule has 0 aliphatic carbocycles. The number of aryl methyl sites for hydroxylation is 1. The minimum Gasteiger partial charge on any atom is -0.493 e. The molecule has 2 heterocycles. The van der Waals surface area contributed by atoms with Crippen LogP contribution < -0.4 is 14.4 Å². The maximum atomic E-state index is 13.1. The van der Waals surface area contributed by atoms with Crippen LogP contribution in [0.4, 0.5) is 5.82 Å². The van der Waals surface area contributed by atoms with E-state index in [1.807, 2.05) is 43.3 Å². The maximum Gasteiger partial charge on any atom is 0.243 e. The van der Waals surface area contributed by atoms with E-state index >= 15 is 0 Å². The average Bonchev–Trinajstić information content (AvgIpc) is 2.84. The number of rotatable bonds is 6. The van der Waals surface area contributed by atoms with E-state index in [4.69, 9.17) is 9.47 Å². The van der Waals surface area contributed by atoms with Crippen LogP contribution in [0.1, 0.15) is 5.56 Å². The second-order valence-electron chi connectivity index (χ2n) is 7.50. The van der Waals surface area contributed by atoms with Gasteiger partial charge >= 0.3 is 0 Å². The summed E-state index contributed by atoms with van der Waals surface area (Å²) in [7, 11) is -0.638. The normalized spacial score (nSPS) is 14.9. The lowest BCUT2D eigenvalue weighted by Gasteiger charge is -2.34. The summed E-state index contributed by atoms with van der Waals surface area (Å²) in [6.07, 6.45) is 0. The van der Waals surface area contributed by atoms with Crippen LogP contribution in [0.3, 0.4) is 0 Å². The minimum atomic E-state index is -3.64. The zero-order valence-electron chi connectivity index (χ0n) is 18.4. The van der Waals surface area contributed by atoms with Crippen molar-refractivity contribution in [1.82, 2.24) is 14.5 Å². The van der Waals surface area contributed by atoms with E-state index in [1.54, 1.807) is 12.1 Å². The van der Waals surface area contributed by atoms with Gasteiger partial charge in [0.05, 0.1) is 24.8 Å². The van der Waals surface area contributed by atoms with Gasteiger partial charge in [-0.25, -0.2) is 8.42 Å². The maximum absolute atomic E-state index is 13.1.